The van der Waals surface area contributed by atoms with Gasteiger partial charge in [0.2, 0.25) is 17.5 Å². The van der Waals surface area contributed by atoms with Crippen LogP contribution in [0.25, 0.3) is 11.3 Å². The number of rotatable bonds is 3. The highest BCUT2D eigenvalue weighted by Crippen LogP contribution is 2.47. The van der Waals surface area contributed by atoms with Crippen LogP contribution in [0.2, 0.25) is 0 Å². The van der Waals surface area contributed by atoms with Gasteiger partial charge in [0, 0.05) is 23.2 Å². The molecular formula is C21H23NO6S. The molecule has 4 rings (SSSR count). The average molecular weight is 417 g/mol. The van der Waals surface area contributed by atoms with Gasteiger partial charge in [0.05, 0.1) is 5.56 Å². The number of carbonyl (C=O) groups is 2. The minimum Gasteiger partial charge on any atom is -0.438 e. The molecule has 8 heteroatoms. The summed E-state index contributed by atoms with van der Waals surface area (Å²) in [5, 5.41) is 0. The molecule has 0 bridgehead atoms. The lowest BCUT2D eigenvalue weighted by atomic mass is 9.69. The van der Waals surface area contributed by atoms with E-state index in [4.69, 9.17) is 4.42 Å². The van der Waals surface area contributed by atoms with E-state index in [2.05, 4.69) is 13.8 Å². The summed E-state index contributed by atoms with van der Waals surface area (Å²) < 4.78 is 39.5. The Kier molecular flexibility index (Phi) is 4.29. The first-order valence-corrected chi connectivity index (χ1v) is 11.0. The first-order chi connectivity index (χ1) is 13.5. The Bertz CT molecular complexity index is 1170. The maximum Gasteiger partial charge on any atom is 0.362 e. The summed E-state index contributed by atoms with van der Waals surface area (Å²) in [6.07, 6.45) is 2.62. The molecule has 2 aliphatic carbocycles. The SMILES string of the molecule is CCN(c1oc2c(c1C)C(=O)C(=O)c1c-2ccc2c1CCCC2(C)C)S(=O)(=O)O. The maximum atomic E-state index is 13.1. The largest absolute Gasteiger partial charge is 0.438 e. The summed E-state index contributed by atoms with van der Waals surface area (Å²) in [5.74, 6) is -1.26. The number of fused-ring (bicyclic) bond motifs is 5. The molecule has 0 amide bonds. The second-order valence-corrected chi connectivity index (χ2v) is 9.63. The van der Waals surface area contributed by atoms with E-state index in [0.29, 0.717) is 21.9 Å². The molecule has 0 saturated heterocycles. The third kappa shape index (κ3) is 2.77. The van der Waals surface area contributed by atoms with E-state index in [1.54, 1.807) is 6.07 Å². The molecule has 0 fully saturated rings. The van der Waals surface area contributed by atoms with E-state index in [9.17, 15) is 22.6 Å². The van der Waals surface area contributed by atoms with Crippen LogP contribution >= 0.6 is 0 Å². The van der Waals surface area contributed by atoms with Gasteiger partial charge in [-0.2, -0.15) is 8.42 Å². The van der Waals surface area contributed by atoms with E-state index in [-0.39, 0.29) is 34.7 Å². The monoisotopic (exact) mass is 417 g/mol. The fourth-order valence-corrected chi connectivity index (χ4v) is 5.38. The highest BCUT2D eigenvalue weighted by atomic mass is 32.2. The molecule has 0 saturated carbocycles. The van der Waals surface area contributed by atoms with Crippen LogP contribution in [0.15, 0.2) is 16.5 Å². The third-order valence-electron chi connectivity index (χ3n) is 6.09. The zero-order valence-corrected chi connectivity index (χ0v) is 17.6. The molecule has 7 nitrogen and oxygen atoms in total. The lowest BCUT2D eigenvalue weighted by Gasteiger charge is -2.34. The molecule has 1 aromatic heterocycles. The van der Waals surface area contributed by atoms with Crippen LogP contribution in [-0.2, 0) is 22.1 Å². The van der Waals surface area contributed by atoms with Crippen molar-refractivity contribution in [3.63, 3.8) is 0 Å². The number of ketones is 2. The highest BCUT2D eigenvalue weighted by Gasteiger charge is 2.41. The van der Waals surface area contributed by atoms with E-state index < -0.39 is 21.9 Å². The predicted octanol–water partition coefficient (Wildman–Crippen LogP) is 3.88. The van der Waals surface area contributed by atoms with Crippen molar-refractivity contribution in [1.29, 1.82) is 0 Å². The Morgan fingerprint density at radius 2 is 1.83 bits per heavy atom. The molecule has 0 spiro atoms. The summed E-state index contributed by atoms with van der Waals surface area (Å²) >= 11 is 0. The smallest absolute Gasteiger partial charge is 0.362 e. The number of carbonyl (C=O) groups excluding carboxylic acids is 2. The summed E-state index contributed by atoms with van der Waals surface area (Å²) in [5.41, 5.74) is 2.99. The van der Waals surface area contributed by atoms with Crippen molar-refractivity contribution in [2.24, 2.45) is 0 Å². The van der Waals surface area contributed by atoms with Crippen molar-refractivity contribution in [3.05, 3.63) is 39.9 Å². The molecule has 1 heterocycles. The number of furan rings is 1. The number of Topliss-reactive ketones (excluding diaryl/α,β-unsaturated/α-hetero) is 2. The molecule has 1 N–H and O–H groups in total. The zero-order valence-electron chi connectivity index (χ0n) is 16.8. The van der Waals surface area contributed by atoms with Gasteiger partial charge in [0.25, 0.3) is 0 Å². The van der Waals surface area contributed by atoms with Gasteiger partial charge in [-0.15, -0.1) is 0 Å². The third-order valence-corrected chi connectivity index (χ3v) is 7.07. The van der Waals surface area contributed by atoms with Crippen LogP contribution in [-0.4, -0.2) is 31.1 Å². The molecule has 0 atom stereocenters. The topological polar surface area (TPSA) is 105 Å². The van der Waals surface area contributed by atoms with Crippen LogP contribution in [0, 0.1) is 6.92 Å². The lowest BCUT2D eigenvalue weighted by molar-refractivity contribution is 0.0813. The fraction of sp³-hybridized carbons (Fsp3) is 0.429. The minimum absolute atomic E-state index is 0.0645. The van der Waals surface area contributed by atoms with Gasteiger partial charge in [-0.05, 0) is 49.7 Å². The van der Waals surface area contributed by atoms with E-state index in [0.717, 1.165) is 24.0 Å². The van der Waals surface area contributed by atoms with Gasteiger partial charge in [-0.3, -0.25) is 14.1 Å². The Morgan fingerprint density at radius 1 is 1.17 bits per heavy atom. The van der Waals surface area contributed by atoms with Gasteiger partial charge in [0.15, 0.2) is 0 Å². The number of hydrogen-bond acceptors (Lipinski definition) is 5. The molecule has 0 aliphatic heterocycles. The van der Waals surface area contributed by atoms with Gasteiger partial charge in [-0.25, -0.2) is 4.31 Å². The van der Waals surface area contributed by atoms with E-state index in [1.165, 1.54) is 13.8 Å². The fourth-order valence-electron chi connectivity index (χ4n) is 4.67. The molecule has 154 valence electrons. The van der Waals surface area contributed by atoms with Gasteiger partial charge in [-0.1, -0.05) is 26.0 Å². The quantitative estimate of drug-likeness (QED) is 0.600. The molecule has 2 aliphatic rings. The number of hydrogen-bond donors (Lipinski definition) is 1. The molecule has 0 unspecified atom stereocenters. The van der Waals surface area contributed by atoms with Crippen LogP contribution in [0.5, 0.6) is 0 Å². The average Bonchev–Trinajstić information content (AvgIpc) is 2.95. The maximum absolute atomic E-state index is 13.1. The molecule has 29 heavy (non-hydrogen) atoms. The molecule has 1 aromatic carbocycles. The Morgan fingerprint density at radius 3 is 2.45 bits per heavy atom. The summed E-state index contributed by atoms with van der Waals surface area (Å²) in [7, 11) is -4.58. The number of nitrogens with zero attached hydrogens (tertiary/aromatic N) is 1. The lowest BCUT2D eigenvalue weighted by Crippen LogP contribution is -2.30. The Balaban J connectivity index is 2.01. The second-order valence-electron chi connectivity index (χ2n) is 8.29. The Hall–Kier alpha value is -2.45. The highest BCUT2D eigenvalue weighted by molar-refractivity contribution is 7.87. The van der Waals surface area contributed by atoms with Crippen molar-refractivity contribution in [2.75, 3.05) is 10.8 Å². The normalized spacial score (nSPS) is 17.6. The van der Waals surface area contributed by atoms with Crippen molar-refractivity contribution < 1.29 is 27.0 Å². The van der Waals surface area contributed by atoms with Gasteiger partial charge < -0.3 is 4.42 Å². The molecular weight excluding hydrogens is 394 g/mol. The van der Waals surface area contributed by atoms with Gasteiger partial charge in [0.1, 0.15) is 5.76 Å². The summed E-state index contributed by atoms with van der Waals surface area (Å²) in [6.45, 7) is 7.22. The van der Waals surface area contributed by atoms with Crippen molar-refractivity contribution in [1.82, 2.24) is 0 Å². The first kappa shape index (κ1) is 19.8. The minimum atomic E-state index is -4.58. The van der Waals surface area contributed by atoms with Crippen LogP contribution in [0.3, 0.4) is 0 Å². The summed E-state index contributed by atoms with van der Waals surface area (Å²) in [6, 6.07) is 3.75. The van der Waals surface area contributed by atoms with E-state index in [1.807, 2.05) is 6.07 Å². The second kappa shape index (κ2) is 6.27. The van der Waals surface area contributed by atoms with E-state index >= 15 is 0 Å². The first-order valence-electron chi connectivity index (χ1n) is 9.63. The van der Waals surface area contributed by atoms with Gasteiger partial charge >= 0.3 is 10.3 Å². The standard InChI is InChI=1S/C21H23NO6S/c1-5-22(29(25,26)27)20-11(2)15-17(23)18(24)16-12-7-6-10-21(3,4)14(12)9-8-13(16)19(15)28-20/h8-9H,5-7,10H2,1-4H3,(H,25,26,27). The predicted molar refractivity (Wildman–Crippen MR) is 108 cm³/mol. The Labute approximate surface area is 169 Å². The number of benzene rings is 1. The molecule has 0 radical (unpaired) electrons. The molecule has 2 aromatic rings. The zero-order chi connectivity index (χ0) is 21.3. The van der Waals surface area contributed by atoms with Crippen LogP contribution in [0.4, 0.5) is 5.88 Å². The van der Waals surface area contributed by atoms with Crippen molar-refractivity contribution in [3.8, 4) is 11.3 Å². The van der Waals surface area contributed by atoms with Crippen molar-refractivity contribution in [2.45, 2.75) is 52.4 Å². The van der Waals surface area contributed by atoms with Crippen LogP contribution < -0.4 is 4.31 Å². The van der Waals surface area contributed by atoms with Crippen LogP contribution in [0.1, 0.15) is 71.0 Å². The summed E-state index contributed by atoms with van der Waals surface area (Å²) in [4.78, 5) is 26.1. The number of anilines is 1. The van der Waals surface area contributed by atoms with Crippen molar-refractivity contribution >= 4 is 27.8 Å².